The maximum atomic E-state index is 12.3. The van der Waals surface area contributed by atoms with Crippen LogP contribution in [0.2, 0.25) is 5.02 Å². The van der Waals surface area contributed by atoms with Crippen molar-refractivity contribution in [3.63, 3.8) is 0 Å². The lowest BCUT2D eigenvalue weighted by Gasteiger charge is -2.17. The molecule has 31 heavy (non-hydrogen) atoms. The number of rotatable bonds is 9. The number of thioether (sulfide) groups is 1. The van der Waals surface area contributed by atoms with Crippen molar-refractivity contribution in [2.45, 2.75) is 38.6 Å². The van der Waals surface area contributed by atoms with Crippen LogP contribution in [0, 0.1) is 13.8 Å². The fourth-order valence-corrected chi connectivity index (χ4v) is 3.92. The van der Waals surface area contributed by atoms with Crippen LogP contribution in [0.4, 0.5) is 5.69 Å². The number of nitrogens with one attached hydrogen (secondary N) is 1. The summed E-state index contributed by atoms with van der Waals surface area (Å²) in [6.07, 6.45) is 1.46. The first-order valence-electron chi connectivity index (χ1n) is 9.83. The van der Waals surface area contributed by atoms with Crippen LogP contribution in [0.15, 0.2) is 60.3 Å². The van der Waals surface area contributed by atoms with Crippen molar-refractivity contribution in [3.05, 3.63) is 77.1 Å². The van der Waals surface area contributed by atoms with Gasteiger partial charge in [0.05, 0.1) is 5.75 Å². The van der Waals surface area contributed by atoms with Crippen molar-refractivity contribution in [1.29, 1.82) is 0 Å². The van der Waals surface area contributed by atoms with Gasteiger partial charge in [0, 0.05) is 17.3 Å². The Balaban J connectivity index is 1.68. The van der Waals surface area contributed by atoms with Gasteiger partial charge in [0.15, 0.2) is 17.1 Å². The number of carbonyl (C=O) groups is 1. The Morgan fingerprint density at radius 3 is 2.68 bits per heavy atom. The minimum Gasteiger partial charge on any atom is -0.482 e. The third kappa shape index (κ3) is 6.12. The standard InChI is InChI=1S/C23H25ClN4O2S/c1-5-12-28-22(17(4)30-20-11-6-15(2)13-16(20)3)26-27-23(28)31-14-21(29)25-19-9-7-18(24)8-10-19/h5-11,13,17H,1,12,14H2,2-4H3,(H,25,29). The van der Waals surface area contributed by atoms with Crippen molar-refractivity contribution in [2.24, 2.45) is 0 Å². The van der Waals surface area contributed by atoms with Crippen LogP contribution >= 0.6 is 23.4 Å². The van der Waals surface area contributed by atoms with E-state index in [4.69, 9.17) is 16.3 Å². The Morgan fingerprint density at radius 1 is 1.26 bits per heavy atom. The van der Waals surface area contributed by atoms with Gasteiger partial charge in [-0.3, -0.25) is 9.36 Å². The van der Waals surface area contributed by atoms with E-state index in [1.807, 2.05) is 37.5 Å². The largest absolute Gasteiger partial charge is 0.482 e. The normalized spacial score (nSPS) is 11.7. The SMILES string of the molecule is C=CCn1c(SCC(=O)Nc2ccc(Cl)cc2)nnc1C(C)Oc1ccc(C)cc1C. The molecule has 1 unspecified atom stereocenters. The highest BCUT2D eigenvalue weighted by molar-refractivity contribution is 7.99. The minimum absolute atomic E-state index is 0.137. The zero-order valence-electron chi connectivity index (χ0n) is 17.8. The van der Waals surface area contributed by atoms with Crippen LogP contribution < -0.4 is 10.1 Å². The van der Waals surface area contributed by atoms with E-state index in [0.29, 0.717) is 28.2 Å². The lowest BCUT2D eigenvalue weighted by molar-refractivity contribution is -0.113. The third-order valence-corrected chi connectivity index (χ3v) is 5.73. The van der Waals surface area contributed by atoms with E-state index in [2.05, 4.69) is 28.2 Å². The Kier molecular flexibility index (Phi) is 7.76. The average Bonchev–Trinajstić information content (AvgIpc) is 3.13. The number of hydrogen-bond acceptors (Lipinski definition) is 5. The summed E-state index contributed by atoms with van der Waals surface area (Å²) in [5.74, 6) is 1.55. The fraction of sp³-hybridized carbons (Fsp3) is 0.261. The van der Waals surface area contributed by atoms with E-state index >= 15 is 0 Å². The van der Waals surface area contributed by atoms with Crippen molar-refractivity contribution in [1.82, 2.24) is 14.8 Å². The van der Waals surface area contributed by atoms with Gasteiger partial charge < -0.3 is 10.1 Å². The molecule has 1 aromatic heterocycles. The van der Waals surface area contributed by atoms with E-state index in [1.165, 1.54) is 17.3 Å². The number of hydrogen-bond donors (Lipinski definition) is 1. The number of aryl methyl sites for hydroxylation is 2. The van der Waals surface area contributed by atoms with Crippen molar-refractivity contribution >= 4 is 35.0 Å². The summed E-state index contributed by atoms with van der Waals surface area (Å²) >= 11 is 7.19. The van der Waals surface area contributed by atoms with Crippen LogP contribution in [-0.4, -0.2) is 26.4 Å². The molecule has 2 aromatic carbocycles. The first-order chi connectivity index (χ1) is 14.9. The molecule has 0 fully saturated rings. The van der Waals surface area contributed by atoms with Gasteiger partial charge in [-0.15, -0.1) is 16.8 Å². The molecule has 0 radical (unpaired) electrons. The second-order valence-corrected chi connectivity index (χ2v) is 8.49. The number of allylic oxidation sites excluding steroid dienone is 1. The van der Waals surface area contributed by atoms with Crippen LogP contribution in [0.25, 0.3) is 0 Å². The molecule has 3 aromatic rings. The van der Waals surface area contributed by atoms with Gasteiger partial charge >= 0.3 is 0 Å². The molecule has 1 heterocycles. The Bertz CT molecular complexity index is 1070. The van der Waals surface area contributed by atoms with Crippen molar-refractivity contribution < 1.29 is 9.53 Å². The highest BCUT2D eigenvalue weighted by atomic mass is 35.5. The van der Waals surface area contributed by atoms with Crippen molar-refractivity contribution in [2.75, 3.05) is 11.1 Å². The molecule has 0 aliphatic heterocycles. The van der Waals surface area contributed by atoms with Gasteiger partial charge in [-0.25, -0.2) is 0 Å². The van der Waals surface area contributed by atoms with E-state index in [9.17, 15) is 4.79 Å². The van der Waals surface area contributed by atoms with E-state index in [1.54, 1.807) is 30.3 Å². The van der Waals surface area contributed by atoms with Gasteiger partial charge in [-0.2, -0.15) is 0 Å². The monoisotopic (exact) mass is 456 g/mol. The van der Waals surface area contributed by atoms with Gasteiger partial charge in [0.2, 0.25) is 5.91 Å². The number of amides is 1. The number of halogens is 1. The Labute approximate surface area is 191 Å². The second-order valence-electron chi connectivity index (χ2n) is 7.11. The zero-order valence-corrected chi connectivity index (χ0v) is 19.3. The molecule has 1 atom stereocenters. The van der Waals surface area contributed by atoms with Gasteiger partial charge in [-0.05, 0) is 56.7 Å². The van der Waals surface area contributed by atoms with Crippen LogP contribution in [0.5, 0.6) is 5.75 Å². The number of anilines is 1. The maximum absolute atomic E-state index is 12.3. The molecular weight excluding hydrogens is 432 g/mol. The predicted molar refractivity (Wildman–Crippen MR) is 126 cm³/mol. The molecule has 0 aliphatic rings. The maximum Gasteiger partial charge on any atom is 0.234 e. The predicted octanol–water partition coefficient (Wildman–Crippen LogP) is 5.61. The fourth-order valence-electron chi connectivity index (χ4n) is 3.04. The van der Waals surface area contributed by atoms with Gasteiger partial charge in [0.25, 0.3) is 0 Å². The van der Waals surface area contributed by atoms with Gasteiger partial charge in [0.1, 0.15) is 5.75 Å². The summed E-state index contributed by atoms with van der Waals surface area (Å²) in [6, 6.07) is 13.0. The molecule has 0 saturated heterocycles. The number of benzene rings is 2. The molecule has 0 spiro atoms. The van der Waals surface area contributed by atoms with Crippen LogP contribution in [-0.2, 0) is 11.3 Å². The highest BCUT2D eigenvalue weighted by Gasteiger charge is 2.20. The number of ether oxygens (including phenoxy) is 1. The second kappa shape index (κ2) is 10.5. The molecule has 1 N–H and O–H groups in total. The topological polar surface area (TPSA) is 69.0 Å². The molecule has 0 aliphatic carbocycles. The molecule has 0 bridgehead atoms. The smallest absolute Gasteiger partial charge is 0.234 e. The van der Waals surface area contributed by atoms with E-state index < -0.39 is 0 Å². The molecule has 6 nitrogen and oxygen atoms in total. The first kappa shape index (κ1) is 22.9. The lowest BCUT2D eigenvalue weighted by Crippen LogP contribution is -2.15. The Hall–Kier alpha value is -2.77. The lowest BCUT2D eigenvalue weighted by atomic mass is 10.1. The summed E-state index contributed by atoms with van der Waals surface area (Å²) in [6.45, 7) is 10.3. The molecule has 162 valence electrons. The molecule has 1 amide bonds. The molecular formula is C23H25ClN4O2S. The average molecular weight is 457 g/mol. The third-order valence-electron chi connectivity index (χ3n) is 4.52. The highest BCUT2D eigenvalue weighted by Crippen LogP contribution is 2.27. The molecule has 0 saturated carbocycles. The zero-order chi connectivity index (χ0) is 22.4. The summed E-state index contributed by atoms with van der Waals surface area (Å²) in [7, 11) is 0. The van der Waals surface area contributed by atoms with Crippen LogP contribution in [0.1, 0.15) is 30.0 Å². The number of aromatic nitrogens is 3. The quantitative estimate of drug-likeness (QED) is 0.335. The molecule has 3 rings (SSSR count). The molecule has 8 heteroatoms. The summed E-state index contributed by atoms with van der Waals surface area (Å²) in [5, 5.41) is 12.7. The summed E-state index contributed by atoms with van der Waals surface area (Å²) < 4.78 is 8.06. The Morgan fingerprint density at radius 2 is 2.00 bits per heavy atom. The number of carbonyl (C=O) groups excluding carboxylic acids is 1. The van der Waals surface area contributed by atoms with Gasteiger partial charge in [-0.1, -0.05) is 47.1 Å². The van der Waals surface area contributed by atoms with E-state index in [0.717, 1.165) is 11.3 Å². The van der Waals surface area contributed by atoms with Crippen LogP contribution in [0.3, 0.4) is 0 Å². The first-order valence-corrected chi connectivity index (χ1v) is 11.2. The van der Waals surface area contributed by atoms with Crippen molar-refractivity contribution in [3.8, 4) is 5.75 Å². The van der Waals surface area contributed by atoms with E-state index in [-0.39, 0.29) is 17.8 Å². The summed E-state index contributed by atoms with van der Waals surface area (Å²) in [5.41, 5.74) is 2.94. The minimum atomic E-state index is -0.314. The number of nitrogens with zero attached hydrogens (tertiary/aromatic N) is 3. The summed E-state index contributed by atoms with van der Waals surface area (Å²) in [4.78, 5) is 12.3.